The van der Waals surface area contributed by atoms with Gasteiger partial charge in [-0.1, -0.05) is 18.2 Å². The molecule has 3 heteroatoms. The first-order valence-electron chi connectivity index (χ1n) is 5.63. The number of para-hydroxylation sites is 1. The second kappa shape index (κ2) is 3.37. The molecule has 1 saturated carbocycles. The molecular formula is C13H14N2O. The molecule has 2 aromatic rings. The third-order valence-corrected chi connectivity index (χ3v) is 3.00. The van der Waals surface area contributed by atoms with Gasteiger partial charge in [-0.15, -0.1) is 0 Å². The molecule has 1 fully saturated rings. The van der Waals surface area contributed by atoms with Gasteiger partial charge in [0.15, 0.2) is 0 Å². The van der Waals surface area contributed by atoms with Crippen LogP contribution in [0.1, 0.15) is 18.5 Å². The van der Waals surface area contributed by atoms with Crippen molar-refractivity contribution in [3.05, 3.63) is 36.0 Å². The summed E-state index contributed by atoms with van der Waals surface area (Å²) in [6.07, 6.45) is 2.23. The summed E-state index contributed by atoms with van der Waals surface area (Å²) in [5.41, 5.74) is 1.97. The predicted octanol–water partition coefficient (Wildman–Crippen LogP) is 2.67. The van der Waals surface area contributed by atoms with Gasteiger partial charge in [0.05, 0.1) is 5.52 Å². The van der Waals surface area contributed by atoms with Crippen LogP contribution in [0.4, 0.5) is 4.79 Å². The summed E-state index contributed by atoms with van der Waals surface area (Å²) in [6.45, 7) is 1.96. The predicted molar refractivity (Wildman–Crippen MR) is 63.6 cm³/mol. The fourth-order valence-corrected chi connectivity index (χ4v) is 2.03. The Labute approximate surface area is 94.1 Å². The SMILES string of the molecule is Cc1cc2ccccc2n1C(=O)NC1CC1. The van der Waals surface area contributed by atoms with E-state index in [0.29, 0.717) is 6.04 Å². The topological polar surface area (TPSA) is 34.0 Å². The Morgan fingerprint density at radius 2 is 2.12 bits per heavy atom. The zero-order valence-corrected chi connectivity index (χ0v) is 9.23. The average molecular weight is 214 g/mol. The monoisotopic (exact) mass is 214 g/mol. The van der Waals surface area contributed by atoms with E-state index in [9.17, 15) is 4.79 Å². The van der Waals surface area contributed by atoms with Crippen LogP contribution in [-0.2, 0) is 0 Å². The van der Waals surface area contributed by atoms with Gasteiger partial charge in [-0.2, -0.15) is 0 Å². The first kappa shape index (κ1) is 9.46. The summed E-state index contributed by atoms with van der Waals surface area (Å²) in [6, 6.07) is 10.4. The van der Waals surface area contributed by atoms with Gasteiger partial charge in [0.2, 0.25) is 0 Å². The fourth-order valence-electron chi connectivity index (χ4n) is 2.03. The zero-order chi connectivity index (χ0) is 11.1. The van der Waals surface area contributed by atoms with E-state index in [0.717, 1.165) is 29.4 Å². The number of carbonyl (C=O) groups excluding carboxylic acids is 1. The van der Waals surface area contributed by atoms with E-state index in [-0.39, 0.29) is 6.03 Å². The van der Waals surface area contributed by atoms with Crippen molar-refractivity contribution in [3.8, 4) is 0 Å². The minimum absolute atomic E-state index is 0.00111. The number of amides is 1. The van der Waals surface area contributed by atoms with Crippen LogP contribution in [0.15, 0.2) is 30.3 Å². The number of rotatable bonds is 1. The van der Waals surface area contributed by atoms with Gasteiger partial charge in [-0.25, -0.2) is 4.79 Å². The summed E-state index contributed by atoms with van der Waals surface area (Å²) < 4.78 is 1.76. The maximum atomic E-state index is 12.0. The lowest BCUT2D eigenvalue weighted by molar-refractivity contribution is 0.242. The molecular weight excluding hydrogens is 200 g/mol. The number of aryl methyl sites for hydroxylation is 1. The highest BCUT2D eigenvalue weighted by Crippen LogP contribution is 2.22. The maximum Gasteiger partial charge on any atom is 0.326 e. The molecule has 0 atom stereocenters. The Hall–Kier alpha value is -1.77. The van der Waals surface area contributed by atoms with Crippen LogP contribution in [0, 0.1) is 6.92 Å². The van der Waals surface area contributed by atoms with Crippen molar-refractivity contribution in [3.63, 3.8) is 0 Å². The highest BCUT2D eigenvalue weighted by Gasteiger charge is 2.24. The van der Waals surface area contributed by atoms with E-state index in [1.165, 1.54) is 0 Å². The van der Waals surface area contributed by atoms with E-state index in [4.69, 9.17) is 0 Å². The van der Waals surface area contributed by atoms with Crippen molar-refractivity contribution in [1.29, 1.82) is 0 Å². The smallest absolute Gasteiger partial charge is 0.326 e. The standard InChI is InChI=1S/C13H14N2O/c1-9-8-10-4-2-3-5-12(10)15(9)13(16)14-11-6-7-11/h2-5,8,11H,6-7H2,1H3,(H,14,16). The van der Waals surface area contributed by atoms with Crippen molar-refractivity contribution < 1.29 is 4.79 Å². The molecule has 82 valence electrons. The van der Waals surface area contributed by atoms with Crippen molar-refractivity contribution in [1.82, 2.24) is 9.88 Å². The lowest BCUT2D eigenvalue weighted by atomic mass is 10.2. The highest BCUT2D eigenvalue weighted by molar-refractivity contribution is 5.93. The van der Waals surface area contributed by atoms with Crippen LogP contribution in [0.2, 0.25) is 0 Å². The molecule has 1 heterocycles. The van der Waals surface area contributed by atoms with Gasteiger partial charge in [0.25, 0.3) is 0 Å². The molecule has 0 radical (unpaired) electrons. The Kier molecular flexibility index (Phi) is 1.99. The largest absolute Gasteiger partial charge is 0.335 e. The number of fused-ring (bicyclic) bond motifs is 1. The number of hydrogen-bond acceptors (Lipinski definition) is 1. The molecule has 3 nitrogen and oxygen atoms in total. The van der Waals surface area contributed by atoms with Crippen LogP contribution < -0.4 is 5.32 Å². The molecule has 0 saturated heterocycles. The molecule has 0 spiro atoms. The Morgan fingerprint density at radius 1 is 1.38 bits per heavy atom. The van der Waals surface area contributed by atoms with Gasteiger partial charge in [0, 0.05) is 17.1 Å². The Balaban J connectivity index is 2.06. The molecule has 0 bridgehead atoms. The quantitative estimate of drug-likeness (QED) is 0.778. The fraction of sp³-hybridized carbons (Fsp3) is 0.308. The summed E-state index contributed by atoms with van der Waals surface area (Å²) in [7, 11) is 0. The normalized spacial score (nSPS) is 15.3. The van der Waals surface area contributed by atoms with Crippen LogP contribution in [0.25, 0.3) is 10.9 Å². The number of benzene rings is 1. The lowest BCUT2D eigenvalue weighted by Gasteiger charge is -2.07. The second-order valence-corrected chi connectivity index (χ2v) is 4.40. The molecule has 3 rings (SSSR count). The van der Waals surface area contributed by atoms with Crippen molar-refractivity contribution in [2.24, 2.45) is 0 Å². The molecule has 1 amide bonds. The number of nitrogens with zero attached hydrogens (tertiary/aromatic N) is 1. The third-order valence-electron chi connectivity index (χ3n) is 3.00. The van der Waals surface area contributed by atoms with Gasteiger partial charge < -0.3 is 5.32 Å². The Bertz CT molecular complexity index is 552. The number of nitrogens with one attached hydrogen (secondary N) is 1. The summed E-state index contributed by atoms with van der Waals surface area (Å²) in [5, 5.41) is 4.13. The number of aromatic nitrogens is 1. The van der Waals surface area contributed by atoms with Gasteiger partial charge in [-0.3, -0.25) is 4.57 Å². The van der Waals surface area contributed by atoms with Crippen molar-refractivity contribution in [2.45, 2.75) is 25.8 Å². The first-order valence-corrected chi connectivity index (χ1v) is 5.63. The molecule has 16 heavy (non-hydrogen) atoms. The van der Waals surface area contributed by atoms with E-state index < -0.39 is 0 Å². The maximum absolute atomic E-state index is 12.0. The molecule has 1 aliphatic carbocycles. The van der Waals surface area contributed by atoms with Crippen molar-refractivity contribution in [2.75, 3.05) is 0 Å². The Morgan fingerprint density at radius 3 is 2.88 bits per heavy atom. The minimum atomic E-state index is 0.00111. The van der Waals surface area contributed by atoms with E-state index in [2.05, 4.69) is 5.32 Å². The molecule has 0 aliphatic heterocycles. The minimum Gasteiger partial charge on any atom is -0.335 e. The highest BCUT2D eigenvalue weighted by atomic mass is 16.2. The summed E-state index contributed by atoms with van der Waals surface area (Å²) in [4.78, 5) is 12.0. The second-order valence-electron chi connectivity index (χ2n) is 4.40. The number of hydrogen-bond donors (Lipinski definition) is 1. The van der Waals surface area contributed by atoms with E-state index >= 15 is 0 Å². The van der Waals surface area contributed by atoms with Crippen LogP contribution in [-0.4, -0.2) is 16.6 Å². The van der Waals surface area contributed by atoms with Crippen molar-refractivity contribution >= 4 is 16.9 Å². The first-order chi connectivity index (χ1) is 7.75. The third kappa shape index (κ3) is 1.48. The molecule has 0 unspecified atom stereocenters. The molecule has 1 N–H and O–H groups in total. The van der Waals surface area contributed by atoms with Crippen LogP contribution in [0.3, 0.4) is 0 Å². The van der Waals surface area contributed by atoms with E-state index in [1.54, 1.807) is 4.57 Å². The van der Waals surface area contributed by atoms with Gasteiger partial charge in [-0.05, 0) is 31.9 Å². The van der Waals surface area contributed by atoms with Crippen LogP contribution in [0.5, 0.6) is 0 Å². The zero-order valence-electron chi connectivity index (χ0n) is 9.23. The van der Waals surface area contributed by atoms with Gasteiger partial charge in [0.1, 0.15) is 0 Å². The van der Waals surface area contributed by atoms with Crippen LogP contribution >= 0.6 is 0 Å². The van der Waals surface area contributed by atoms with E-state index in [1.807, 2.05) is 37.3 Å². The average Bonchev–Trinajstić information content (AvgIpc) is 2.98. The summed E-state index contributed by atoms with van der Waals surface area (Å²) >= 11 is 0. The molecule has 1 aliphatic rings. The van der Waals surface area contributed by atoms with Gasteiger partial charge >= 0.3 is 6.03 Å². The lowest BCUT2D eigenvalue weighted by Crippen LogP contribution is -2.30. The molecule has 1 aromatic heterocycles. The number of carbonyl (C=O) groups is 1. The summed E-state index contributed by atoms with van der Waals surface area (Å²) in [5.74, 6) is 0. The molecule has 1 aromatic carbocycles.